The standard InChI is InChI=1S/C8H13NO/c10-7-3-1-4-8(9-7)5-2-6-8/h1-6H2,(H,9,10). The lowest BCUT2D eigenvalue weighted by Gasteiger charge is -2.45. The number of nitrogens with one attached hydrogen (secondary N) is 1. The fraction of sp³-hybridized carbons (Fsp3) is 0.875. The number of piperidine rings is 1. The van der Waals surface area contributed by atoms with Crippen LogP contribution in [0, 0.1) is 0 Å². The molecule has 56 valence electrons. The second-order valence-electron chi connectivity index (χ2n) is 3.54. The first-order chi connectivity index (χ1) is 4.81. The van der Waals surface area contributed by atoms with Gasteiger partial charge in [-0.1, -0.05) is 0 Å². The van der Waals surface area contributed by atoms with E-state index in [1.807, 2.05) is 0 Å². The molecule has 2 nitrogen and oxygen atoms in total. The van der Waals surface area contributed by atoms with Crippen LogP contribution in [0.25, 0.3) is 0 Å². The van der Waals surface area contributed by atoms with Crippen LogP contribution in [0.3, 0.4) is 0 Å². The molecule has 1 N–H and O–H groups in total. The van der Waals surface area contributed by atoms with Crippen LogP contribution in [0.1, 0.15) is 38.5 Å². The van der Waals surface area contributed by atoms with Gasteiger partial charge in [-0.2, -0.15) is 0 Å². The average molecular weight is 139 g/mol. The molecule has 2 aliphatic rings. The fourth-order valence-corrected chi connectivity index (χ4v) is 1.99. The predicted molar refractivity (Wildman–Crippen MR) is 38.6 cm³/mol. The van der Waals surface area contributed by atoms with Crippen molar-refractivity contribution in [3.05, 3.63) is 0 Å². The number of amides is 1. The first kappa shape index (κ1) is 6.20. The minimum absolute atomic E-state index is 0.269. The van der Waals surface area contributed by atoms with Gasteiger partial charge in [0.25, 0.3) is 0 Å². The molecule has 0 unspecified atom stereocenters. The molecule has 0 aromatic carbocycles. The van der Waals surface area contributed by atoms with Crippen molar-refractivity contribution >= 4 is 5.91 Å². The van der Waals surface area contributed by atoms with Gasteiger partial charge in [-0.3, -0.25) is 4.79 Å². The second kappa shape index (κ2) is 1.97. The van der Waals surface area contributed by atoms with Crippen molar-refractivity contribution in [3.63, 3.8) is 0 Å². The number of rotatable bonds is 0. The Kier molecular flexibility index (Phi) is 1.22. The summed E-state index contributed by atoms with van der Waals surface area (Å²) in [6, 6.07) is 0. The zero-order chi connectivity index (χ0) is 7.03. The molecule has 2 rings (SSSR count). The van der Waals surface area contributed by atoms with E-state index in [-0.39, 0.29) is 11.4 Å². The second-order valence-corrected chi connectivity index (χ2v) is 3.54. The topological polar surface area (TPSA) is 29.1 Å². The zero-order valence-electron chi connectivity index (χ0n) is 6.15. The summed E-state index contributed by atoms with van der Waals surface area (Å²) in [5.74, 6) is 0.269. The van der Waals surface area contributed by atoms with E-state index in [1.54, 1.807) is 0 Å². The lowest BCUT2D eigenvalue weighted by molar-refractivity contribution is -0.126. The Hall–Kier alpha value is -0.530. The summed E-state index contributed by atoms with van der Waals surface area (Å²) in [4.78, 5) is 11.0. The minimum atomic E-state index is 0.269. The summed E-state index contributed by atoms with van der Waals surface area (Å²) in [6.45, 7) is 0. The van der Waals surface area contributed by atoms with Crippen molar-refractivity contribution in [1.29, 1.82) is 0 Å². The van der Waals surface area contributed by atoms with E-state index < -0.39 is 0 Å². The highest BCUT2D eigenvalue weighted by molar-refractivity contribution is 5.77. The van der Waals surface area contributed by atoms with Crippen LogP contribution < -0.4 is 5.32 Å². The third-order valence-corrected chi connectivity index (χ3v) is 2.77. The van der Waals surface area contributed by atoms with Gasteiger partial charge in [0.15, 0.2) is 0 Å². The Morgan fingerprint density at radius 3 is 2.30 bits per heavy atom. The van der Waals surface area contributed by atoms with Crippen LogP contribution in [0.15, 0.2) is 0 Å². The van der Waals surface area contributed by atoms with Crippen LogP contribution in [0.5, 0.6) is 0 Å². The number of hydrogen-bond donors (Lipinski definition) is 1. The highest BCUT2D eigenvalue weighted by Gasteiger charge is 2.39. The van der Waals surface area contributed by atoms with Gasteiger partial charge in [-0.15, -0.1) is 0 Å². The summed E-state index contributed by atoms with van der Waals surface area (Å²) >= 11 is 0. The fourth-order valence-electron chi connectivity index (χ4n) is 1.99. The maximum Gasteiger partial charge on any atom is 0.220 e. The molecule has 1 saturated heterocycles. The van der Waals surface area contributed by atoms with Crippen molar-refractivity contribution in [2.24, 2.45) is 0 Å². The van der Waals surface area contributed by atoms with E-state index in [1.165, 1.54) is 25.7 Å². The van der Waals surface area contributed by atoms with Gasteiger partial charge in [0.1, 0.15) is 0 Å². The Bertz CT molecular complexity index is 161. The Morgan fingerprint density at radius 1 is 1.20 bits per heavy atom. The Morgan fingerprint density at radius 2 is 1.90 bits per heavy atom. The molecule has 1 amide bonds. The first-order valence-corrected chi connectivity index (χ1v) is 4.12. The van der Waals surface area contributed by atoms with Crippen molar-refractivity contribution in [2.45, 2.75) is 44.1 Å². The molecule has 0 atom stereocenters. The highest BCUT2D eigenvalue weighted by Crippen LogP contribution is 2.38. The van der Waals surface area contributed by atoms with Crippen molar-refractivity contribution < 1.29 is 4.79 Å². The normalized spacial score (nSPS) is 29.4. The molecule has 1 aliphatic carbocycles. The molecule has 1 aliphatic heterocycles. The highest BCUT2D eigenvalue weighted by atomic mass is 16.1. The van der Waals surface area contributed by atoms with Gasteiger partial charge >= 0.3 is 0 Å². The summed E-state index contributed by atoms with van der Waals surface area (Å²) < 4.78 is 0. The van der Waals surface area contributed by atoms with Gasteiger partial charge in [-0.05, 0) is 32.1 Å². The maximum absolute atomic E-state index is 11.0. The summed E-state index contributed by atoms with van der Waals surface area (Å²) in [6.07, 6.45) is 6.82. The van der Waals surface area contributed by atoms with E-state index in [4.69, 9.17) is 0 Å². The molecule has 0 radical (unpaired) electrons. The molecular formula is C8H13NO. The molecule has 0 aromatic rings. The van der Waals surface area contributed by atoms with Crippen LogP contribution >= 0.6 is 0 Å². The van der Waals surface area contributed by atoms with E-state index >= 15 is 0 Å². The predicted octanol–water partition coefficient (Wildman–Crippen LogP) is 1.21. The molecule has 2 heteroatoms. The van der Waals surface area contributed by atoms with Crippen molar-refractivity contribution in [3.8, 4) is 0 Å². The monoisotopic (exact) mass is 139 g/mol. The van der Waals surface area contributed by atoms with E-state index in [9.17, 15) is 4.79 Å². The van der Waals surface area contributed by atoms with Crippen molar-refractivity contribution in [1.82, 2.24) is 5.32 Å². The van der Waals surface area contributed by atoms with E-state index in [0.29, 0.717) is 0 Å². The smallest absolute Gasteiger partial charge is 0.220 e. The number of hydrogen-bond acceptors (Lipinski definition) is 1. The molecule has 10 heavy (non-hydrogen) atoms. The first-order valence-electron chi connectivity index (χ1n) is 4.12. The van der Waals surface area contributed by atoms with Crippen molar-refractivity contribution in [2.75, 3.05) is 0 Å². The number of carbonyl (C=O) groups excluding carboxylic acids is 1. The Labute approximate surface area is 61.0 Å². The zero-order valence-corrected chi connectivity index (χ0v) is 6.15. The van der Waals surface area contributed by atoms with Gasteiger partial charge in [-0.25, -0.2) is 0 Å². The van der Waals surface area contributed by atoms with Crippen LogP contribution in [0.4, 0.5) is 0 Å². The van der Waals surface area contributed by atoms with Gasteiger partial charge in [0, 0.05) is 12.0 Å². The van der Waals surface area contributed by atoms with Crippen LogP contribution in [-0.2, 0) is 4.79 Å². The lowest BCUT2D eigenvalue weighted by Crippen LogP contribution is -2.55. The molecule has 1 saturated carbocycles. The van der Waals surface area contributed by atoms with Gasteiger partial charge in [0.05, 0.1) is 0 Å². The average Bonchev–Trinajstić information content (AvgIpc) is 1.85. The molecule has 0 bridgehead atoms. The maximum atomic E-state index is 11.0. The third-order valence-electron chi connectivity index (χ3n) is 2.77. The lowest BCUT2D eigenvalue weighted by atomic mass is 9.72. The van der Waals surface area contributed by atoms with E-state index in [0.717, 1.165) is 12.8 Å². The number of carbonyl (C=O) groups is 1. The molecule has 2 fully saturated rings. The van der Waals surface area contributed by atoms with E-state index in [2.05, 4.69) is 5.32 Å². The molecule has 1 heterocycles. The summed E-state index contributed by atoms with van der Waals surface area (Å²) in [7, 11) is 0. The quantitative estimate of drug-likeness (QED) is 0.537. The molecule has 0 aromatic heterocycles. The van der Waals surface area contributed by atoms with Crippen LogP contribution in [0.2, 0.25) is 0 Å². The summed E-state index contributed by atoms with van der Waals surface area (Å²) in [5.41, 5.74) is 0.273. The largest absolute Gasteiger partial charge is 0.351 e. The molecular weight excluding hydrogens is 126 g/mol. The van der Waals surface area contributed by atoms with Gasteiger partial charge in [0.2, 0.25) is 5.91 Å². The SMILES string of the molecule is O=C1CCCC2(CCC2)N1. The van der Waals surface area contributed by atoms with Crippen LogP contribution in [-0.4, -0.2) is 11.4 Å². The Balaban J connectivity index is 2.02. The third kappa shape index (κ3) is 0.825. The summed E-state index contributed by atoms with van der Waals surface area (Å²) in [5, 5.41) is 3.09. The minimum Gasteiger partial charge on any atom is -0.351 e. The van der Waals surface area contributed by atoms with Gasteiger partial charge < -0.3 is 5.32 Å². The molecule has 1 spiro atoms.